The highest BCUT2D eigenvalue weighted by Crippen LogP contribution is 2.28. The van der Waals surface area contributed by atoms with Crippen LogP contribution in [0.1, 0.15) is 56.0 Å². The Kier molecular flexibility index (Phi) is 6.27. The van der Waals surface area contributed by atoms with Crippen LogP contribution < -0.4 is 0 Å². The second-order valence-corrected chi connectivity index (χ2v) is 9.86. The third-order valence-electron chi connectivity index (χ3n) is 5.98. The fraction of sp³-hybridized carbons (Fsp3) is 0.591. The normalized spacial score (nSPS) is 23.3. The van der Waals surface area contributed by atoms with Gasteiger partial charge in [0.25, 0.3) is 5.91 Å². The summed E-state index contributed by atoms with van der Waals surface area (Å²) in [5, 5.41) is 9.11. The van der Waals surface area contributed by atoms with Crippen LogP contribution in [0.25, 0.3) is 0 Å². The van der Waals surface area contributed by atoms with Gasteiger partial charge in [-0.25, -0.2) is 0 Å². The number of hydrogen-bond acceptors (Lipinski definition) is 4. The van der Waals surface area contributed by atoms with Gasteiger partial charge in [0.1, 0.15) is 6.04 Å². The van der Waals surface area contributed by atoms with Crippen LogP contribution in [-0.2, 0) is 15.0 Å². The van der Waals surface area contributed by atoms with Crippen molar-refractivity contribution in [3.8, 4) is 0 Å². The van der Waals surface area contributed by atoms with E-state index in [0.29, 0.717) is 44.5 Å². The summed E-state index contributed by atoms with van der Waals surface area (Å²) in [5.74, 6) is -1.44. The molecule has 2 amide bonds. The van der Waals surface area contributed by atoms with Gasteiger partial charge in [0.05, 0.1) is 5.92 Å². The summed E-state index contributed by atoms with van der Waals surface area (Å²) in [7, 11) is 0. The predicted molar refractivity (Wildman–Crippen MR) is 114 cm³/mol. The second-order valence-electron chi connectivity index (χ2n) is 9.13. The maximum Gasteiger partial charge on any atom is 0.306 e. The second kappa shape index (κ2) is 8.38. The van der Waals surface area contributed by atoms with Crippen LogP contribution in [0.15, 0.2) is 24.3 Å². The topological polar surface area (TPSA) is 77.9 Å². The lowest BCUT2D eigenvalue weighted by atomic mass is 9.86. The van der Waals surface area contributed by atoms with E-state index >= 15 is 0 Å². The molecule has 2 aliphatic rings. The van der Waals surface area contributed by atoms with Crippen molar-refractivity contribution in [2.45, 2.75) is 56.7 Å². The van der Waals surface area contributed by atoms with Crippen LogP contribution >= 0.6 is 12.6 Å². The number of likely N-dealkylation sites (tertiary alicyclic amines) is 2. The molecule has 29 heavy (non-hydrogen) atoms. The van der Waals surface area contributed by atoms with Crippen molar-refractivity contribution >= 4 is 30.4 Å². The minimum absolute atomic E-state index is 0.00594. The first kappa shape index (κ1) is 21.7. The number of carboxylic acid groups (broad SMARTS) is 1. The number of carbonyl (C=O) groups excluding carboxylic acids is 2. The third-order valence-corrected chi connectivity index (χ3v) is 6.35. The van der Waals surface area contributed by atoms with E-state index in [1.165, 1.54) is 0 Å². The zero-order chi connectivity index (χ0) is 21.3. The molecule has 0 radical (unpaired) electrons. The standard InChI is InChI=1S/C22H30N2O4S/c1-22(2,3)16-6-4-14(5-7-16)19(25)24-13-17(29)12-18(24)20(26)23-10-8-15(9-11-23)21(27)28/h4-7,15,17-18,29H,8-13H2,1-3H3,(H,27,28). The van der Waals surface area contributed by atoms with Gasteiger partial charge in [-0.15, -0.1) is 0 Å². The molecule has 0 aromatic heterocycles. The summed E-state index contributed by atoms with van der Waals surface area (Å²) >= 11 is 4.53. The van der Waals surface area contributed by atoms with E-state index in [-0.39, 0.29) is 28.4 Å². The van der Waals surface area contributed by atoms with E-state index in [1.54, 1.807) is 9.80 Å². The van der Waals surface area contributed by atoms with Crippen LogP contribution in [-0.4, -0.2) is 63.6 Å². The SMILES string of the molecule is CC(C)(C)c1ccc(C(=O)N2CC(S)CC2C(=O)N2CCC(C(=O)O)CC2)cc1. The molecule has 1 aromatic carbocycles. The van der Waals surface area contributed by atoms with Crippen molar-refractivity contribution < 1.29 is 19.5 Å². The molecular formula is C22H30N2O4S. The molecule has 2 atom stereocenters. The smallest absolute Gasteiger partial charge is 0.306 e. The highest BCUT2D eigenvalue weighted by Gasteiger charge is 2.41. The summed E-state index contributed by atoms with van der Waals surface area (Å²) < 4.78 is 0. The lowest BCUT2D eigenvalue weighted by Crippen LogP contribution is -2.50. The third kappa shape index (κ3) is 4.77. The predicted octanol–water partition coefficient (Wildman–Crippen LogP) is 2.82. The number of benzene rings is 1. The highest BCUT2D eigenvalue weighted by atomic mass is 32.1. The first-order valence-electron chi connectivity index (χ1n) is 10.2. The van der Waals surface area contributed by atoms with Gasteiger partial charge in [-0.05, 0) is 42.4 Å². The van der Waals surface area contributed by atoms with Crippen molar-refractivity contribution in [3.63, 3.8) is 0 Å². The van der Waals surface area contributed by atoms with E-state index in [4.69, 9.17) is 5.11 Å². The van der Waals surface area contributed by atoms with Gasteiger partial charge in [-0.1, -0.05) is 32.9 Å². The van der Waals surface area contributed by atoms with Crippen molar-refractivity contribution in [1.82, 2.24) is 9.80 Å². The molecule has 2 aliphatic heterocycles. The molecule has 7 heteroatoms. The van der Waals surface area contributed by atoms with Crippen molar-refractivity contribution in [2.24, 2.45) is 5.92 Å². The Balaban J connectivity index is 1.72. The Morgan fingerprint density at radius 1 is 1.07 bits per heavy atom. The van der Waals surface area contributed by atoms with E-state index in [9.17, 15) is 14.4 Å². The van der Waals surface area contributed by atoms with Crippen molar-refractivity contribution in [1.29, 1.82) is 0 Å². The summed E-state index contributed by atoms with van der Waals surface area (Å²) in [6.45, 7) is 7.65. The minimum atomic E-state index is -0.802. The van der Waals surface area contributed by atoms with Gasteiger partial charge in [0, 0.05) is 30.4 Å². The summed E-state index contributed by atoms with van der Waals surface area (Å²) in [6.07, 6.45) is 1.44. The minimum Gasteiger partial charge on any atom is -0.481 e. The fourth-order valence-corrected chi connectivity index (χ4v) is 4.48. The number of thiol groups is 1. The van der Waals surface area contributed by atoms with Crippen LogP contribution in [0.4, 0.5) is 0 Å². The van der Waals surface area contributed by atoms with Crippen LogP contribution in [0, 0.1) is 5.92 Å². The van der Waals surface area contributed by atoms with Crippen LogP contribution in [0.3, 0.4) is 0 Å². The molecule has 2 unspecified atom stereocenters. The molecule has 0 aliphatic carbocycles. The molecule has 0 bridgehead atoms. The first-order valence-corrected chi connectivity index (χ1v) is 10.7. The zero-order valence-corrected chi connectivity index (χ0v) is 18.2. The summed E-state index contributed by atoms with van der Waals surface area (Å²) in [6, 6.07) is 7.06. The zero-order valence-electron chi connectivity index (χ0n) is 17.3. The number of aliphatic carboxylic acids is 1. The molecule has 1 aromatic rings. The number of rotatable bonds is 3. The summed E-state index contributed by atoms with van der Waals surface area (Å²) in [4.78, 5) is 40.7. The first-order chi connectivity index (χ1) is 13.6. The molecule has 2 fully saturated rings. The van der Waals surface area contributed by atoms with E-state index in [0.717, 1.165) is 5.56 Å². The van der Waals surface area contributed by atoms with Crippen LogP contribution in [0.5, 0.6) is 0 Å². The van der Waals surface area contributed by atoms with Gasteiger partial charge in [-0.2, -0.15) is 12.6 Å². The maximum atomic E-state index is 13.1. The molecule has 2 saturated heterocycles. The van der Waals surface area contributed by atoms with Gasteiger partial charge >= 0.3 is 5.97 Å². The number of piperidine rings is 1. The molecule has 2 heterocycles. The number of amides is 2. The van der Waals surface area contributed by atoms with Gasteiger partial charge in [0.15, 0.2) is 0 Å². The average Bonchev–Trinajstić information content (AvgIpc) is 3.08. The molecule has 6 nitrogen and oxygen atoms in total. The number of nitrogens with zero attached hydrogens (tertiary/aromatic N) is 2. The molecule has 158 valence electrons. The molecular weight excluding hydrogens is 388 g/mol. The number of carbonyl (C=O) groups is 3. The Morgan fingerprint density at radius 3 is 2.17 bits per heavy atom. The molecule has 0 spiro atoms. The quantitative estimate of drug-likeness (QED) is 0.740. The van der Waals surface area contributed by atoms with Crippen LogP contribution in [0.2, 0.25) is 0 Å². The Hall–Kier alpha value is -2.02. The number of hydrogen-bond donors (Lipinski definition) is 2. The fourth-order valence-electron chi connectivity index (χ4n) is 4.11. The highest BCUT2D eigenvalue weighted by molar-refractivity contribution is 7.81. The van der Waals surface area contributed by atoms with Crippen molar-refractivity contribution in [3.05, 3.63) is 35.4 Å². The van der Waals surface area contributed by atoms with E-state index in [2.05, 4.69) is 33.4 Å². The summed E-state index contributed by atoms with van der Waals surface area (Å²) in [5.41, 5.74) is 1.73. The molecule has 1 N–H and O–H groups in total. The van der Waals surface area contributed by atoms with Gasteiger partial charge in [-0.3, -0.25) is 14.4 Å². The maximum absolute atomic E-state index is 13.1. The van der Waals surface area contributed by atoms with E-state index < -0.39 is 12.0 Å². The Morgan fingerprint density at radius 2 is 1.66 bits per heavy atom. The van der Waals surface area contributed by atoms with E-state index in [1.807, 2.05) is 24.3 Å². The van der Waals surface area contributed by atoms with Crippen molar-refractivity contribution in [2.75, 3.05) is 19.6 Å². The van der Waals surface area contributed by atoms with Gasteiger partial charge < -0.3 is 14.9 Å². The molecule has 0 saturated carbocycles. The monoisotopic (exact) mass is 418 g/mol. The largest absolute Gasteiger partial charge is 0.481 e. The lowest BCUT2D eigenvalue weighted by molar-refractivity contribution is -0.146. The Bertz CT molecular complexity index is 779. The average molecular weight is 419 g/mol. The lowest BCUT2D eigenvalue weighted by Gasteiger charge is -2.34. The van der Waals surface area contributed by atoms with Gasteiger partial charge in [0.2, 0.25) is 5.91 Å². The molecule has 3 rings (SSSR count). The Labute approximate surface area is 177 Å². The number of carboxylic acids is 1.